The van der Waals surface area contributed by atoms with Crippen LogP contribution < -0.4 is 19.5 Å². The van der Waals surface area contributed by atoms with Gasteiger partial charge in [-0.1, -0.05) is 18.2 Å². The third-order valence-corrected chi connectivity index (χ3v) is 4.70. The number of carbonyl (C=O) groups is 1. The predicted molar refractivity (Wildman–Crippen MR) is 104 cm³/mol. The van der Waals surface area contributed by atoms with Gasteiger partial charge in [-0.2, -0.15) is 0 Å². The first kappa shape index (κ1) is 18.9. The Morgan fingerprint density at radius 2 is 1.93 bits per heavy atom. The summed E-state index contributed by atoms with van der Waals surface area (Å²) in [7, 11) is 3.26. The van der Waals surface area contributed by atoms with E-state index >= 15 is 0 Å². The molecule has 1 unspecified atom stereocenters. The van der Waals surface area contributed by atoms with Crippen molar-refractivity contribution in [2.45, 2.75) is 18.9 Å². The summed E-state index contributed by atoms with van der Waals surface area (Å²) in [5, 5.41) is 2.95. The molecule has 1 heterocycles. The van der Waals surface area contributed by atoms with Crippen LogP contribution >= 0.6 is 0 Å². The summed E-state index contributed by atoms with van der Waals surface area (Å²) in [5.41, 5.74) is 1.01. The van der Waals surface area contributed by atoms with Crippen molar-refractivity contribution < 1.29 is 19.0 Å². The summed E-state index contributed by atoms with van der Waals surface area (Å²) < 4.78 is 16.4. The number of benzene rings is 2. The Bertz CT molecular complexity index is 751. The molecular formula is C21H26N2O4. The second-order valence-corrected chi connectivity index (χ2v) is 6.35. The maximum atomic E-state index is 12.7. The molecule has 0 radical (unpaired) electrons. The zero-order valence-corrected chi connectivity index (χ0v) is 15.8. The molecule has 2 aromatic carbocycles. The highest BCUT2D eigenvalue weighted by Gasteiger charge is 2.31. The van der Waals surface area contributed by atoms with Gasteiger partial charge in [0, 0.05) is 18.2 Å². The first-order chi connectivity index (χ1) is 13.2. The van der Waals surface area contributed by atoms with Gasteiger partial charge in [-0.05, 0) is 37.1 Å². The molecule has 1 atom stereocenters. The van der Waals surface area contributed by atoms with Crippen LogP contribution in [0.15, 0.2) is 48.5 Å². The van der Waals surface area contributed by atoms with Gasteiger partial charge in [-0.25, -0.2) is 4.79 Å². The highest BCUT2D eigenvalue weighted by molar-refractivity contribution is 5.75. The molecule has 0 aromatic heterocycles. The summed E-state index contributed by atoms with van der Waals surface area (Å²) in [6, 6.07) is 15.2. The monoisotopic (exact) mass is 370 g/mol. The molecule has 0 saturated carbocycles. The van der Waals surface area contributed by atoms with Gasteiger partial charge in [0.1, 0.15) is 23.9 Å². The molecule has 144 valence electrons. The number of carbonyl (C=O) groups excluding carboxylic acids is 1. The van der Waals surface area contributed by atoms with Crippen molar-refractivity contribution in [2.75, 3.05) is 33.9 Å². The van der Waals surface area contributed by atoms with Crippen molar-refractivity contribution in [3.63, 3.8) is 0 Å². The SMILES string of the molecule is COc1ccc(C2CCCN2C(=O)NCCOc2ccccc2)c(OC)c1. The van der Waals surface area contributed by atoms with E-state index in [0.29, 0.717) is 13.2 Å². The van der Waals surface area contributed by atoms with Crippen molar-refractivity contribution in [1.82, 2.24) is 10.2 Å². The Hall–Kier alpha value is -2.89. The molecule has 1 aliphatic heterocycles. The van der Waals surface area contributed by atoms with E-state index < -0.39 is 0 Å². The number of nitrogens with one attached hydrogen (secondary N) is 1. The number of para-hydroxylation sites is 1. The minimum absolute atomic E-state index is 0.000831. The molecule has 2 aromatic rings. The molecule has 1 aliphatic rings. The zero-order valence-electron chi connectivity index (χ0n) is 15.8. The lowest BCUT2D eigenvalue weighted by Crippen LogP contribution is -2.41. The molecule has 2 amide bonds. The summed E-state index contributed by atoms with van der Waals surface area (Å²) in [6.45, 7) is 1.61. The van der Waals surface area contributed by atoms with Crippen LogP contribution in [0.4, 0.5) is 4.79 Å². The lowest BCUT2D eigenvalue weighted by atomic mass is 10.0. The van der Waals surface area contributed by atoms with E-state index in [1.54, 1.807) is 14.2 Å². The number of hydrogen-bond donors (Lipinski definition) is 1. The Kier molecular flexibility index (Phi) is 6.41. The smallest absolute Gasteiger partial charge is 0.318 e. The van der Waals surface area contributed by atoms with Gasteiger partial charge in [0.2, 0.25) is 0 Å². The van der Waals surface area contributed by atoms with Gasteiger partial charge in [0.25, 0.3) is 0 Å². The minimum Gasteiger partial charge on any atom is -0.497 e. The molecular weight excluding hydrogens is 344 g/mol. The highest BCUT2D eigenvalue weighted by atomic mass is 16.5. The van der Waals surface area contributed by atoms with Gasteiger partial charge in [0.05, 0.1) is 26.8 Å². The molecule has 6 nitrogen and oxygen atoms in total. The number of hydrogen-bond acceptors (Lipinski definition) is 4. The normalized spacial score (nSPS) is 16.1. The number of methoxy groups -OCH3 is 2. The van der Waals surface area contributed by atoms with Crippen LogP contribution in [0, 0.1) is 0 Å². The topological polar surface area (TPSA) is 60.0 Å². The maximum Gasteiger partial charge on any atom is 0.318 e. The highest BCUT2D eigenvalue weighted by Crippen LogP contribution is 2.38. The number of amides is 2. The molecule has 0 aliphatic carbocycles. The average molecular weight is 370 g/mol. The fourth-order valence-corrected chi connectivity index (χ4v) is 3.37. The first-order valence-corrected chi connectivity index (χ1v) is 9.17. The summed E-state index contributed by atoms with van der Waals surface area (Å²) in [4.78, 5) is 14.5. The fraction of sp³-hybridized carbons (Fsp3) is 0.381. The van der Waals surface area contributed by atoms with Gasteiger partial charge in [0.15, 0.2) is 0 Å². The van der Waals surface area contributed by atoms with E-state index in [0.717, 1.165) is 42.2 Å². The van der Waals surface area contributed by atoms with Gasteiger partial charge < -0.3 is 24.4 Å². The van der Waals surface area contributed by atoms with Crippen molar-refractivity contribution >= 4 is 6.03 Å². The standard InChI is InChI=1S/C21H26N2O4/c1-25-17-10-11-18(20(15-17)26-2)19-9-6-13-23(19)21(24)22-12-14-27-16-7-4-3-5-8-16/h3-5,7-8,10-11,15,19H,6,9,12-14H2,1-2H3,(H,22,24). The lowest BCUT2D eigenvalue weighted by molar-refractivity contribution is 0.189. The second-order valence-electron chi connectivity index (χ2n) is 6.35. The Balaban J connectivity index is 1.58. The summed E-state index contributed by atoms with van der Waals surface area (Å²) in [5.74, 6) is 2.28. The lowest BCUT2D eigenvalue weighted by Gasteiger charge is -2.26. The van der Waals surface area contributed by atoms with Crippen molar-refractivity contribution in [2.24, 2.45) is 0 Å². The number of nitrogens with zero attached hydrogens (tertiary/aromatic N) is 1. The Morgan fingerprint density at radius 3 is 2.67 bits per heavy atom. The fourth-order valence-electron chi connectivity index (χ4n) is 3.37. The van der Waals surface area contributed by atoms with Crippen LogP contribution in [0.2, 0.25) is 0 Å². The van der Waals surface area contributed by atoms with Crippen LogP contribution in [0.5, 0.6) is 17.2 Å². The zero-order chi connectivity index (χ0) is 19.1. The van der Waals surface area contributed by atoms with Crippen molar-refractivity contribution in [3.8, 4) is 17.2 Å². The van der Waals surface area contributed by atoms with Gasteiger partial charge in [-0.15, -0.1) is 0 Å². The van der Waals surface area contributed by atoms with Gasteiger partial charge in [-0.3, -0.25) is 0 Å². The quantitative estimate of drug-likeness (QED) is 0.756. The maximum absolute atomic E-state index is 12.7. The molecule has 3 rings (SSSR count). The number of rotatable bonds is 7. The molecule has 1 saturated heterocycles. The molecule has 1 fully saturated rings. The van der Waals surface area contributed by atoms with E-state index in [1.165, 1.54) is 0 Å². The van der Waals surface area contributed by atoms with E-state index in [2.05, 4.69) is 5.32 Å². The Labute approximate surface area is 160 Å². The predicted octanol–water partition coefficient (Wildman–Crippen LogP) is 3.63. The van der Waals surface area contributed by atoms with Crippen molar-refractivity contribution in [1.29, 1.82) is 0 Å². The largest absolute Gasteiger partial charge is 0.497 e. The summed E-state index contributed by atoms with van der Waals surface area (Å²) in [6.07, 6.45) is 1.88. The first-order valence-electron chi connectivity index (χ1n) is 9.17. The van der Waals surface area contributed by atoms with Crippen LogP contribution in [0.1, 0.15) is 24.4 Å². The van der Waals surface area contributed by atoms with Crippen LogP contribution in [0.3, 0.4) is 0 Å². The molecule has 6 heteroatoms. The number of ether oxygens (including phenoxy) is 3. The second kappa shape index (κ2) is 9.16. The molecule has 0 bridgehead atoms. The molecule has 1 N–H and O–H groups in total. The third kappa shape index (κ3) is 4.64. The van der Waals surface area contributed by atoms with E-state index in [-0.39, 0.29) is 12.1 Å². The average Bonchev–Trinajstić information content (AvgIpc) is 3.21. The van der Waals surface area contributed by atoms with E-state index in [1.807, 2.05) is 53.4 Å². The minimum atomic E-state index is -0.0768. The molecule has 27 heavy (non-hydrogen) atoms. The van der Waals surface area contributed by atoms with E-state index in [4.69, 9.17) is 14.2 Å². The molecule has 0 spiro atoms. The number of urea groups is 1. The van der Waals surface area contributed by atoms with Crippen molar-refractivity contribution in [3.05, 3.63) is 54.1 Å². The number of likely N-dealkylation sites (tertiary alicyclic amines) is 1. The third-order valence-electron chi connectivity index (χ3n) is 4.70. The van der Waals surface area contributed by atoms with Crippen LogP contribution in [0.25, 0.3) is 0 Å². The van der Waals surface area contributed by atoms with Crippen LogP contribution in [-0.2, 0) is 0 Å². The van der Waals surface area contributed by atoms with E-state index in [9.17, 15) is 4.79 Å². The summed E-state index contributed by atoms with van der Waals surface area (Å²) >= 11 is 0. The van der Waals surface area contributed by atoms with Crippen LogP contribution in [-0.4, -0.2) is 44.8 Å². The van der Waals surface area contributed by atoms with Gasteiger partial charge >= 0.3 is 6.03 Å². The Morgan fingerprint density at radius 1 is 1.11 bits per heavy atom.